The van der Waals surface area contributed by atoms with E-state index >= 15 is 0 Å². The lowest BCUT2D eigenvalue weighted by atomic mass is 10.1. The first-order valence-electron chi connectivity index (χ1n) is 9.28. The Morgan fingerprint density at radius 3 is 2.11 bits per heavy atom. The van der Waals surface area contributed by atoms with Crippen LogP contribution in [0.1, 0.15) is 11.3 Å². The maximum Gasteiger partial charge on any atom is 0.152 e. The number of aromatic nitrogens is 1. The Bertz CT molecular complexity index is 1010. The molecule has 4 nitrogen and oxygen atoms in total. The van der Waals surface area contributed by atoms with Gasteiger partial charge in [-0.05, 0) is 36.2 Å². The Morgan fingerprint density at radius 2 is 1.48 bits per heavy atom. The standard InChI is InChI=1S/C22H24N2O2S/c1-18-20(17-23-12-14-27(25,26)15-13-23)16-22(19-8-4-2-5-9-19)24(18)21-10-6-3-7-11-21/h2-11,16H,12-15,17H2,1H3. The Hall–Kier alpha value is -2.37. The highest BCUT2D eigenvalue weighted by Gasteiger charge is 2.23. The van der Waals surface area contributed by atoms with E-state index in [1.807, 2.05) is 12.1 Å². The van der Waals surface area contributed by atoms with Gasteiger partial charge in [-0.3, -0.25) is 4.90 Å². The lowest BCUT2D eigenvalue weighted by molar-refractivity contribution is 0.287. The predicted molar refractivity (Wildman–Crippen MR) is 110 cm³/mol. The summed E-state index contributed by atoms with van der Waals surface area (Å²) >= 11 is 0. The second-order valence-electron chi connectivity index (χ2n) is 7.11. The molecule has 5 heteroatoms. The van der Waals surface area contributed by atoms with Crippen molar-refractivity contribution in [3.05, 3.63) is 78.0 Å². The lowest BCUT2D eigenvalue weighted by Crippen LogP contribution is -2.39. The van der Waals surface area contributed by atoms with Crippen LogP contribution >= 0.6 is 0 Å². The third kappa shape index (κ3) is 3.84. The van der Waals surface area contributed by atoms with Gasteiger partial charge in [0, 0.05) is 31.0 Å². The fourth-order valence-corrected chi connectivity index (χ4v) is 4.98. The van der Waals surface area contributed by atoms with Crippen molar-refractivity contribution in [2.75, 3.05) is 24.6 Å². The van der Waals surface area contributed by atoms with Crippen molar-refractivity contribution in [2.45, 2.75) is 13.5 Å². The van der Waals surface area contributed by atoms with Crippen molar-refractivity contribution >= 4 is 9.84 Å². The Balaban J connectivity index is 1.72. The average molecular weight is 381 g/mol. The molecule has 1 aliphatic heterocycles. The Kier molecular flexibility index (Phi) is 4.89. The zero-order chi connectivity index (χ0) is 18.9. The second-order valence-corrected chi connectivity index (χ2v) is 9.41. The fraction of sp³-hybridized carbons (Fsp3) is 0.273. The lowest BCUT2D eigenvalue weighted by Gasteiger charge is -2.26. The van der Waals surface area contributed by atoms with Crippen LogP contribution in [-0.4, -0.2) is 42.5 Å². The molecule has 0 amide bonds. The molecule has 2 aromatic carbocycles. The van der Waals surface area contributed by atoms with Crippen LogP contribution in [0.5, 0.6) is 0 Å². The van der Waals surface area contributed by atoms with Crippen LogP contribution in [0.25, 0.3) is 16.9 Å². The van der Waals surface area contributed by atoms with Gasteiger partial charge >= 0.3 is 0 Å². The molecule has 0 spiro atoms. The van der Waals surface area contributed by atoms with Gasteiger partial charge in [0.1, 0.15) is 0 Å². The summed E-state index contributed by atoms with van der Waals surface area (Å²) < 4.78 is 25.7. The summed E-state index contributed by atoms with van der Waals surface area (Å²) in [6.07, 6.45) is 0. The van der Waals surface area contributed by atoms with Gasteiger partial charge < -0.3 is 4.57 Å². The number of nitrogens with zero attached hydrogens (tertiary/aromatic N) is 2. The minimum absolute atomic E-state index is 0.261. The molecule has 0 saturated carbocycles. The molecule has 1 aromatic heterocycles. The monoisotopic (exact) mass is 380 g/mol. The van der Waals surface area contributed by atoms with Crippen LogP contribution in [0.4, 0.5) is 0 Å². The predicted octanol–water partition coefficient (Wildman–Crippen LogP) is 3.68. The van der Waals surface area contributed by atoms with Gasteiger partial charge in [0.15, 0.2) is 9.84 Å². The van der Waals surface area contributed by atoms with Crippen LogP contribution < -0.4 is 0 Å². The maximum atomic E-state index is 11.7. The molecule has 0 N–H and O–H groups in total. The summed E-state index contributed by atoms with van der Waals surface area (Å²) in [5.74, 6) is 0.522. The molecule has 0 radical (unpaired) electrons. The zero-order valence-corrected chi connectivity index (χ0v) is 16.3. The number of para-hydroxylation sites is 1. The average Bonchev–Trinajstić information content (AvgIpc) is 3.01. The van der Waals surface area contributed by atoms with E-state index in [0.29, 0.717) is 13.1 Å². The van der Waals surface area contributed by atoms with E-state index < -0.39 is 9.84 Å². The minimum Gasteiger partial charge on any atom is -0.314 e. The minimum atomic E-state index is -2.85. The van der Waals surface area contributed by atoms with E-state index in [2.05, 4.69) is 71.0 Å². The quantitative estimate of drug-likeness (QED) is 0.693. The molecule has 2 heterocycles. The van der Waals surface area contributed by atoms with Crippen molar-refractivity contribution in [1.29, 1.82) is 0 Å². The number of hydrogen-bond donors (Lipinski definition) is 0. The normalized spacial score (nSPS) is 17.1. The van der Waals surface area contributed by atoms with Gasteiger partial charge in [0.2, 0.25) is 0 Å². The van der Waals surface area contributed by atoms with Crippen molar-refractivity contribution in [2.24, 2.45) is 0 Å². The van der Waals surface area contributed by atoms with Crippen molar-refractivity contribution < 1.29 is 8.42 Å². The van der Waals surface area contributed by atoms with Crippen LogP contribution in [0.15, 0.2) is 66.7 Å². The molecule has 0 unspecified atom stereocenters. The maximum absolute atomic E-state index is 11.7. The Morgan fingerprint density at radius 1 is 0.889 bits per heavy atom. The largest absolute Gasteiger partial charge is 0.314 e. The molecule has 0 atom stereocenters. The van der Waals surface area contributed by atoms with Gasteiger partial charge in [-0.1, -0.05) is 48.5 Å². The smallest absolute Gasteiger partial charge is 0.152 e. The molecular formula is C22H24N2O2S. The van der Waals surface area contributed by atoms with E-state index in [0.717, 1.165) is 12.2 Å². The molecule has 140 valence electrons. The van der Waals surface area contributed by atoms with Gasteiger partial charge in [0.25, 0.3) is 0 Å². The van der Waals surface area contributed by atoms with Crippen LogP contribution in [0.3, 0.4) is 0 Å². The highest BCUT2D eigenvalue weighted by molar-refractivity contribution is 7.91. The fourth-order valence-electron chi connectivity index (χ4n) is 3.70. The topological polar surface area (TPSA) is 42.3 Å². The molecule has 27 heavy (non-hydrogen) atoms. The summed E-state index contributed by atoms with van der Waals surface area (Å²) in [6, 6.07) is 23.0. The van der Waals surface area contributed by atoms with E-state index in [4.69, 9.17) is 0 Å². The van der Waals surface area contributed by atoms with E-state index in [-0.39, 0.29) is 11.5 Å². The summed E-state index contributed by atoms with van der Waals surface area (Å²) in [4.78, 5) is 2.24. The van der Waals surface area contributed by atoms with E-state index in [1.54, 1.807) is 0 Å². The van der Waals surface area contributed by atoms with E-state index in [1.165, 1.54) is 22.5 Å². The van der Waals surface area contributed by atoms with Crippen LogP contribution in [-0.2, 0) is 16.4 Å². The van der Waals surface area contributed by atoms with Gasteiger partial charge in [-0.25, -0.2) is 8.42 Å². The SMILES string of the molecule is Cc1c(CN2CCS(=O)(=O)CC2)cc(-c2ccccc2)n1-c1ccccc1. The third-order valence-corrected chi connectivity index (χ3v) is 6.88. The van der Waals surface area contributed by atoms with Gasteiger partial charge in [0.05, 0.1) is 17.2 Å². The Labute approximate surface area is 161 Å². The van der Waals surface area contributed by atoms with E-state index in [9.17, 15) is 8.42 Å². The first-order valence-corrected chi connectivity index (χ1v) is 11.1. The zero-order valence-electron chi connectivity index (χ0n) is 15.5. The highest BCUT2D eigenvalue weighted by Crippen LogP contribution is 2.30. The third-order valence-electron chi connectivity index (χ3n) is 5.27. The molecule has 4 rings (SSSR count). The van der Waals surface area contributed by atoms with Gasteiger partial charge in [-0.15, -0.1) is 0 Å². The molecule has 1 fully saturated rings. The van der Waals surface area contributed by atoms with Crippen LogP contribution in [0.2, 0.25) is 0 Å². The van der Waals surface area contributed by atoms with Crippen LogP contribution in [0, 0.1) is 6.92 Å². The van der Waals surface area contributed by atoms with Crippen molar-refractivity contribution in [3.8, 4) is 16.9 Å². The molecule has 3 aromatic rings. The number of rotatable bonds is 4. The van der Waals surface area contributed by atoms with Crippen molar-refractivity contribution in [1.82, 2.24) is 9.47 Å². The summed E-state index contributed by atoms with van der Waals surface area (Å²) in [5.41, 5.74) is 5.93. The number of sulfone groups is 1. The molecular weight excluding hydrogens is 356 g/mol. The summed E-state index contributed by atoms with van der Waals surface area (Å²) in [5, 5.41) is 0. The first-order chi connectivity index (χ1) is 13.0. The number of benzene rings is 2. The summed E-state index contributed by atoms with van der Waals surface area (Å²) in [6.45, 7) is 4.15. The summed E-state index contributed by atoms with van der Waals surface area (Å²) in [7, 11) is -2.85. The first kappa shape index (κ1) is 18.0. The van der Waals surface area contributed by atoms with Crippen molar-refractivity contribution in [3.63, 3.8) is 0 Å². The highest BCUT2D eigenvalue weighted by atomic mass is 32.2. The molecule has 0 aliphatic carbocycles. The van der Waals surface area contributed by atoms with Gasteiger partial charge in [-0.2, -0.15) is 0 Å². The molecule has 0 bridgehead atoms. The number of hydrogen-bond acceptors (Lipinski definition) is 3. The second kappa shape index (κ2) is 7.33. The molecule has 1 aliphatic rings. The molecule has 1 saturated heterocycles.